The fraction of sp³-hybridized carbons (Fsp3) is 0.500. The minimum Gasteiger partial charge on any atom is -0.360 e. The van der Waals surface area contributed by atoms with Crippen LogP contribution in [0.25, 0.3) is 0 Å². The van der Waals surface area contributed by atoms with Crippen molar-refractivity contribution in [1.29, 1.82) is 0 Å². The summed E-state index contributed by atoms with van der Waals surface area (Å²) < 4.78 is 13.5. The van der Waals surface area contributed by atoms with Crippen LogP contribution in [0.4, 0.5) is 16.2 Å². The lowest BCUT2D eigenvalue weighted by Gasteiger charge is -2.14. The second-order valence-electron chi connectivity index (χ2n) is 6.14. The van der Waals surface area contributed by atoms with Gasteiger partial charge >= 0.3 is 0 Å². The van der Waals surface area contributed by atoms with Crippen LogP contribution in [-0.2, 0) is 12.0 Å². The molecule has 0 aliphatic heterocycles. The highest BCUT2D eigenvalue weighted by molar-refractivity contribution is 5.42. The highest BCUT2D eigenvalue weighted by Crippen LogP contribution is 2.20. The molecule has 7 heteroatoms. The number of halogens is 1. The molecule has 0 saturated carbocycles. The molecule has 0 atom stereocenters. The van der Waals surface area contributed by atoms with Crippen LogP contribution in [0, 0.1) is 5.82 Å². The Kier molecular flexibility index (Phi) is 4.11. The summed E-state index contributed by atoms with van der Waals surface area (Å²) in [6, 6.07) is 2.00. The van der Waals surface area contributed by atoms with Crippen molar-refractivity contribution in [2.45, 2.75) is 32.7 Å². The molecule has 0 aliphatic carbocycles. The van der Waals surface area contributed by atoms with E-state index in [0.29, 0.717) is 12.5 Å². The molecule has 2 rings (SSSR count). The Hall–Kier alpha value is -2.18. The van der Waals surface area contributed by atoms with Crippen molar-refractivity contribution in [2.24, 2.45) is 0 Å². The zero-order valence-electron chi connectivity index (χ0n) is 13.0. The molecule has 0 amide bonds. The largest absolute Gasteiger partial charge is 0.360 e. The molecule has 0 spiro atoms. The van der Waals surface area contributed by atoms with E-state index in [0.717, 1.165) is 17.6 Å². The van der Waals surface area contributed by atoms with Crippen LogP contribution in [0.2, 0.25) is 0 Å². The van der Waals surface area contributed by atoms with Crippen LogP contribution >= 0.6 is 0 Å². The number of nitrogens with one attached hydrogen (secondary N) is 2. The molecule has 6 nitrogen and oxygen atoms in total. The van der Waals surface area contributed by atoms with Gasteiger partial charge in [0, 0.05) is 19.5 Å². The molecule has 0 aliphatic rings. The molecule has 0 unspecified atom stereocenters. The van der Waals surface area contributed by atoms with E-state index in [1.807, 2.05) is 6.07 Å². The molecule has 114 valence electrons. The molecule has 0 bridgehead atoms. The summed E-state index contributed by atoms with van der Waals surface area (Å²) in [5.74, 6) is 0.196. The van der Waals surface area contributed by atoms with Crippen LogP contribution in [0.3, 0.4) is 0 Å². The fourth-order valence-electron chi connectivity index (χ4n) is 1.77. The number of hydrogen-bond donors (Lipinski definition) is 2. The van der Waals surface area contributed by atoms with Crippen molar-refractivity contribution >= 4 is 11.8 Å². The number of aromatic amines is 1. The van der Waals surface area contributed by atoms with Gasteiger partial charge in [0.05, 0.1) is 24.1 Å². The standard InChI is InChI=1S/C14H21FN6/c1-14(2,3)11-6-9(19-20-11)7-16-13-17-8-10(15)12(18-13)21(4)5/h6,8H,7H2,1-5H3,(H,19,20)(H,16,17,18). The van der Waals surface area contributed by atoms with Gasteiger partial charge in [-0.05, 0) is 6.07 Å². The molecular weight excluding hydrogens is 271 g/mol. The third-order valence-electron chi connectivity index (χ3n) is 2.99. The fourth-order valence-corrected chi connectivity index (χ4v) is 1.77. The van der Waals surface area contributed by atoms with Gasteiger partial charge in [-0.15, -0.1) is 0 Å². The van der Waals surface area contributed by atoms with E-state index in [1.165, 1.54) is 0 Å². The molecule has 2 heterocycles. The molecule has 2 aromatic heterocycles. The van der Waals surface area contributed by atoms with Gasteiger partial charge in [-0.1, -0.05) is 20.8 Å². The topological polar surface area (TPSA) is 69.7 Å². The predicted octanol–water partition coefficient (Wildman–Crippen LogP) is 2.31. The second kappa shape index (κ2) is 5.67. The van der Waals surface area contributed by atoms with E-state index in [4.69, 9.17) is 0 Å². The number of aromatic nitrogens is 4. The SMILES string of the molecule is CN(C)c1nc(NCc2cc(C(C)(C)C)n[nH]2)ncc1F. The van der Waals surface area contributed by atoms with Gasteiger partial charge in [0.1, 0.15) is 0 Å². The molecule has 21 heavy (non-hydrogen) atoms. The van der Waals surface area contributed by atoms with Crippen molar-refractivity contribution in [3.8, 4) is 0 Å². The number of H-pyrrole nitrogens is 1. The van der Waals surface area contributed by atoms with Gasteiger partial charge in [0.15, 0.2) is 11.6 Å². The Bertz CT molecular complexity index is 614. The first-order valence-corrected chi connectivity index (χ1v) is 6.76. The number of rotatable bonds is 4. The van der Waals surface area contributed by atoms with Crippen molar-refractivity contribution in [1.82, 2.24) is 20.2 Å². The molecule has 0 saturated heterocycles. The van der Waals surface area contributed by atoms with Crippen molar-refractivity contribution in [3.05, 3.63) is 29.5 Å². The Morgan fingerprint density at radius 2 is 2.05 bits per heavy atom. The molecular formula is C14H21FN6. The normalized spacial score (nSPS) is 11.5. The zero-order chi connectivity index (χ0) is 15.6. The molecule has 0 radical (unpaired) electrons. The summed E-state index contributed by atoms with van der Waals surface area (Å²) in [4.78, 5) is 9.68. The quantitative estimate of drug-likeness (QED) is 0.905. The van der Waals surface area contributed by atoms with Gasteiger partial charge in [-0.2, -0.15) is 10.1 Å². The molecule has 0 fully saturated rings. The molecule has 2 N–H and O–H groups in total. The highest BCUT2D eigenvalue weighted by Gasteiger charge is 2.17. The predicted molar refractivity (Wildman–Crippen MR) is 80.9 cm³/mol. The Balaban J connectivity index is 2.06. The monoisotopic (exact) mass is 292 g/mol. The summed E-state index contributed by atoms with van der Waals surface area (Å²) in [7, 11) is 3.47. The van der Waals surface area contributed by atoms with Crippen molar-refractivity contribution in [3.63, 3.8) is 0 Å². The summed E-state index contributed by atoms with van der Waals surface area (Å²) in [5, 5.41) is 10.3. The van der Waals surface area contributed by atoms with Crippen LogP contribution in [0.1, 0.15) is 32.2 Å². The van der Waals surface area contributed by atoms with Crippen LogP contribution in [0.5, 0.6) is 0 Å². The second-order valence-corrected chi connectivity index (χ2v) is 6.14. The Morgan fingerprint density at radius 3 is 2.62 bits per heavy atom. The Morgan fingerprint density at radius 1 is 1.33 bits per heavy atom. The third-order valence-corrected chi connectivity index (χ3v) is 2.99. The van der Waals surface area contributed by atoms with E-state index in [1.54, 1.807) is 19.0 Å². The third kappa shape index (κ3) is 3.68. The lowest BCUT2D eigenvalue weighted by atomic mass is 9.92. The minimum atomic E-state index is -0.442. The van der Waals surface area contributed by atoms with Gasteiger partial charge in [0.25, 0.3) is 0 Å². The maximum absolute atomic E-state index is 13.5. The summed E-state index contributed by atoms with van der Waals surface area (Å²) in [6.07, 6.45) is 1.16. The van der Waals surface area contributed by atoms with Gasteiger partial charge < -0.3 is 10.2 Å². The molecule has 2 aromatic rings. The van der Waals surface area contributed by atoms with Crippen molar-refractivity contribution in [2.75, 3.05) is 24.3 Å². The average molecular weight is 292 g/mol. The maximum atomic E-state index is 13.5. The smallest absolute Gasteiger partial charge is 0.225 e. The minimum absolute atomic E-state index is 0.000776. The lowest BCUT2D eigenvalue weighted by Crippen LogP contribution is -2.15. The summed E-state index contributed by atoms with van der Waals surface area (Å²) in [5.41, 5.74) is 1.92. The van der Waals surface area contributed by atoms with Crippen LogP contribution < -0.4 is 10.2 Å². The van der Waals surface area contributed by atoms with E-state index >= 15 is 0 Å². The number of nitrogens with zero attached hydrogens (tertiary/aromatic N) is 4. The van der Waals surface area contributed by atoms with E-state index < -0.39 is 5.82 Å². The van der Waals surface area contributed by atoms with Gasteiger partial charge in [0.2, 0.25) is 5.95 Å². The lowest BCUT2D eigenvalue weighted by molar-refractivity contribution is 0.567. The number of hydrogen-bond acceptors (Lipinski definition) is 5. The summed E-state index contributed by atoms with van der Waals surface area (Å²) >= 11 is 0. The average Bonchev–Trinajstić information content (AvgIpc) is 2.86. The maximum Gasteiger partial charge on any atom is 0.225 e. The first-order valence-electron chi connectivity index (χ1n) is 6.76. The van der Waals surface area contributed by atoms with Crippen LogP contribution in [-0.4, -0.2) is 34.3 Å². The van der Waals surface area contributed by atoms with E-state index in [2.05, 4.69) is 46.3 Å². The first-order chi connectivity index (χ1) is 9.77. The van der Waals surface area contributed by atoms with Gasteiger partial charge in [-0.25, -0.2) is 9.37 Å². The van der Waals surface area contributed by atoms with E-state index in [-0.39, 0.29) is 11.2 Å². The zero-order valence-corrected chi connectivity index (χ0v) is 13.0. The van der Waals surface area contributed by atoms with Gasteiger partial charge in [-0.3, -0.25) is 5.10 Å². The summed E-state index contributed by atoms with van der Waals surface area (Å²) in [6.45, 7) is 6.81. The van der Waals surface area contributed by atoms with Crippen LogP contribution in [0.15, 0.2) is 12.3 Å². The Labute approximate surface area is 123 Å². The molecule has 0 aromatic carbocycles. The first kappa shape index (κ1) is 15.2. The van der Waals surface area contributed by atoms with Crippen molar-refractivity contribution < 1.29 is 4.39 Å². The van der Waals surface area contributed by atoms with E-state index in [9.17, 15) is 4.39 Å². The highest BCUT2D eigenvalue weighted by atomic mass is 19.1. The number of anilines is 2.